The molecule has 0 aliphatic heterocycles. The first-order valence-electron chi connectivity index (χ1n) is 5.46. The van der Waals surface area contributed by atoms with Gasteiger partial charge in [0.05, 0.1) is 18.5 Å². The molecule has 0 atom stereocenters. The fourth-order valence-corrected chi connectivity index (χ4v) is 2.06. The lowest BCUT2D eigenvalue weighted by molar-refractivity contribution is 0.767. The van der Waals surface area contributed by atoms with Crippen LogP contribution < -0.4 is 5.73 Å². The van der Waals surface area contributed by atoms with Crippen LogP contribution in [0.25, 0.3) is 21.4 Å². The summed E-state index contributed by atoms with van der Waals surface area (Å²) in [5, 5.41) is 5.05. The summed E-state index contributed by atoms with van der Waals surface area (Å²) >= 11 is 0. The summed E-state index contributed by atoms with van der Waals surface area (Å²) in [5.74, 6) is 0. The monoisotopic (exact) mass is 237 g/mol. The highest BCUT2D eigenvalue weighted by Crippen LogP contribution is 2.31. The van der Waals surface area contributed by atoms with Crippen LogP contribution in [0, 0.1) is 6.57 Å². The third-order valence-corrected chi connectivity index (χ3v) is 2.90. The first-order chi connectivity index (χ1) is 8.69. The average molecular weight is 237 g/mol. The molecular formula is C13H11N5. The van der Waals surface area contributed by atoms with Gasteiger partial charge in [-0.15, -0.1) is 0 Å². The highest BCUT2D eigenvalue weighted by atomic mass is 15.3. The van der Waals surface area contributed by atoms with E-state index in [4.69, 9.17) is 12.3 Å². The summed E-state index contributed by atoms with van der Waals surface area (Å²) in [6.07, 6.45) is 5.47. The minimum Gasteiger partial charge on any atom is -0.399 e. The van der Waals surface area contributed by atoms with E-state index in [1.165, 1.54) is 0 Å². The molecule has 2 aromatic heterocycles. The molecule has 0 saturated carbocycles. The fraction of sp³-hybridized carbons (Fsp3) is 0.0769. The number of nitrogens with two attached hydrogens (primary N) is 1. The molecular weight excluding hydrogens is 226 g/mol. The summed E-state index contributed by atoms with van der Waals surface area (Å²) in [6.45, 7) is 7.22. The van der Waals surface area contributed by atoms with Crippen LogP contribution in [0.2, 0.25) is 0 Å². The Labute approximate surface area is 104 Å². The van der Waals surface area contributed by atoms with E-state index in [-0.39, 0.29) is 0 Å². The molecule has 0 radical (unpaired) electrons. The van der Waals surface area contributed by atoms with Crippen LogP contribution in [-0.4, -0.2) is 14.3 Å². The highest BCUT2D eigenvalue weighted by molar-refractivity contribution is 5.96. The Morgan fingerprint density at radius 3 is 2.83 bits per heavy atom. The maximum absolute atomic E-state index is 7.22. The Morgan fingerprint density at radius 1 is 1.33 bits per heavy atom. The lowest BCUT2D eigenvalue weighted by Gasteiger charge is -2.02. The normalized spacial score (nSPS) is 10.7. The van der Waals surface area contributed by atoms with Gasteiger partial charge in [-0.1, -0.05) is 6.07 Å². The van der Waals surface area contributed by atoms with Crippen molar-refractivity contribution in [1.82, 2.24) is 14.3 Å². The summed E-state index contributed by atoms with van der Waals surface area (Å²) in [5.41, 5.74) is 8.96. The van der Waals surface area contributed by atoms with Crippen molar-refractivity contribution in [3.8, 4) is 5.69 Å². The number of aromatic nitrogens is 3. The van der Waals surface area contributed by atoms with Gasteiger partial charge in [0.2, 0.25) is 5.69 Å². The van der Waals surface area contributed by atoms with Crippen molar-refractivity contribution < 1.29 is 0 Å². The Morgan fingerprint density at radius 2 is 2.17 bits per heavy atom. The molecule has 0 aliphatic carbocycles. The number of aryl methyl sites for hydroxylation is 1. The first-order valence-corrected chi connectivity index (χ1v) is 5.46. The van der Waals surface area contributed by atoms with Crippen LogP contribution in [0.1, 0.15) is 0 Å². The molecule has 0 aliphatic rings. The molecule has 1 aromatic carbocycles. The zero-order valence-corrected chi connectivity index (χ0v) is 9.83. The molecule has 2 N–H and O–H groups in total. The van der Waals surface area contributed by atoms with Gasteiger partial charge in [-0.25, -0.2) is 4.85 Å². The van der Waals surface area contributed by atoms with Crippen molar-refractivity contribution >= 4 is 22.3 Å². The minimum atomic E-state index is 0.619. The molecule has 0 bridgehead atoms. The van der Waals surface area contributed by atoms with Crippen molar-refractivity contribution in [2.45, 2.75) is 0 Å². The minimum absolute atomic E-state index is 0.619. The van der Waals surface area contributed by atoms with Gasteiger partial charge >= 0.3 is 0 Å². The number of nitrogens with zero attached hydrogens (tertiary/aromatic N) is 4. The van der Waals surface area contributed by atoms with Gasteiger partial charge in [-0.05, 0) is 12.1 Å². The Bertz CT molecular complexity index is 772. The van der Waals surface area contributed by atoms with E-state index in [0.29, 0.717) is 11.4 Å². The lowest BCUT2D eigenvalue weighted by atomic mass is 10.2. The standard InChI is InChI=1S/C13H11N5/c1-15-12-8-18(10-6-16-17(2)7-10)13-5-9(14)3-4-11(12)13/h3-8H,14H2,2H3. The van der Waals surface area contributed by atoms with Crippen molar-refractivity contribution in [3.63, 3.8) is 0 Å². The van der Waals surface area contributed by atoms with Crippen molar-refractivity contribution in [2.75, 3.05) is 5.73 Å². The van der Waals surface area contributed by atoms with E-state index in [1.54, 1.807) is 10.9 Å². The van der Waals surface area contributed by atoms with Crippen LogP contribution >= 0.6 is 0 Å². The summed E-state index contributed by atoms with van der Waals surface area (Å²) < 4.78 is 3.66. The molecule has 5 nitrogen and oxygen atoms in total. The van der Waals surface area contributed by atoms with E-state index >= 15 is 0 Å². The third kappa shape index (κ3) is 1.44. The van der Waals surface area contributed by atoms with Crippen LogP contribution in [0.4, 0.5) is 11.4 Å². The van der Waals surface area contributed by atoms with Gasteiger partial charge in [0, 0.05) is 36.0 Å². The smallest absolute Gasteiger partial charge is 0.212 e. The van der Waals surface area contributed by atoms with E-state index in [1.807, 2.05) is 42.2 Å². The second-order valence-electron chi connectivity index (χ2n) is 4.14. The quantitative estimate of drug-likeness (QED) is 0.522. The first kappa shape index (κ1) is 10.4. The number of rotatable bonds is 1. The fourth-order valence-electron chi connectivity index (χ4n) is 2.06. The van der Waals surface area contributed by atoms with Gasteiger partial charge in [0.1, 0.15) is 0 Å². The average Bonchev–Trinajstić information content (AvgIpc) is 2.92. The van der Waals surface area contributed by atoms with Gasteiger partial charge in [0.25, 0.3) is 0 Å². The van der Waals surface area contributed by atoms with Crippen LogP contribution in [-0.2, 0) is 7.05 Å². The van der Waals surface area contributed by atoms with Crippen molar-refractivity contribution in [1.29, 1.82) is 0 Å². The molecule has 2 heterocycles. The number of anilines is 1. The highest BCUT2D eigenvalue weighted by Gasteiger charge is 2.10. The number of fused-ring (bicyclic) bond motifs is 1. The summed E-state index contributed by atoms with van der Waals surface area (Å²) in [4.78, 5) is 3.54. The summed E-state index contributed by atoms with van der Waals surface area (Å²) in [7, 11) is 1.86. The van der Waals surface area contributed by atoms with Crippen LogP contribution in [0.3, 0.4) is 0 Å². The number of hydrogen-bond acceptors (Lipinski definition) is 2. The van der Waals surface area contributed by atoms with Gasteiger partial charge < -0.3 is 10.3 Å². The molecule has 18 heavy (non-hydrogen) atoms. The maximum Gasteiger partial charge on any atom is 0.212 e. The second-order valence-corrected chi connectivity index (χ2v) is 4.14. The van der Waals surface area contributed by atoms with Gasteiger partial charge in [0.15, 0.2) is 0 Å². The van der Waals surface area contributed by atoms with E-state index in [2.05, 4.69) is 9.94 Å². The molecule has 3 aromatic rings. The predicted octanol–water partition coefficient (Wildman–Crippen LogP) is 2.50. The SMILES string of the molecule is [C-]#[N+]c1cn(-c2cnn(C)c2)c2cc(N)ccc12. The molecule has 5 heteroatoms. The topological polar surface area (TPSA) is 53.1 Å². The number of hydrogen-bond donors (Lipinski definition) is 1. The molecule has 88 valence electrons. The Balaban J connectivity index is 2.36. The van der Waals surface area contributed by atoms with Crippen molar-refractivity contribution in [2.24, 2.45) is 7.05 Å². The zero-order chi connectivity index (χ0) is 12.7. The van der Waals surface area contributed by atoms with Gasteiger partial charge in [-0.3, -0.25) is 4.68 Å². The Kier molecular flexibility index (Phi) is 2.10. The van der Waals surface area contributed by atoms with Crippen LogP contribution in [0.15, 0.2) is 36.8 Å². The molecule has 0 unspecified atom stereocenters. The Hall–Kier alpha value is -2.74. The van der Waals surface area contributed by atoms with Gasteiger partial charge in [-0.2, -0.15) is 5.10 Å². The molecule has 0 spiro atoms. The van der Waals surface area contributed by atoms with E-state index in [0.717, 1.165) is 16.6 Å². The maximum atomic E-state index is 7.22. The second kappa shape index (κ2) is 3.64. The molecule has 0 amide bonds. The molecule has 3 rings (SSSR count). The molecule has 0 saturated heterocycles. The van der Waals surface area contributed by atoms with Crippen LogP contribution in [0.5, 0.6) is 0 Å². The van der Waals surface area contributed by atoms with Crippen molar-refractivity contribution in [3.05, 3.63) is 48.2 Å². The largest absolute Gasteiger partial charge is 0.399 e. The summed E-state index contributed by atoms with van der Waals surface area (Å²) in [6, 6.07) is 5.56. The zero-order valence-electron chi connectivity index (χ0n) is 9.83. The molecule has 0 fully saturated rings. The van der Waals surface area contributed by atoms with E-state index < -0.39 is 0 Å². The number of nitrogen functional groups attached to an aromatic ring is 1. The lowest BCUT2D eigenvalue weighted by Crippen LogP contribution is -1.91. The number of benzene rings is 1. The van der Waals surface area contributed by atoms with E-state index in [9.17, 15) is 0 Å². The third-order valence-electron chi connectivity index (χ3n) is 2.90. The predicted molar refractivity (Wildman–Crippen MR) is 70.7 cm³/mol.